The van der Waals surface area contributed by atoms with E-state index in [1.165, 1.54) is 24.2 Å². The van der Waals surface area contributed by atoms with Gasteiger partial charge in [-0.2, -0.15) is 0 Å². The zero-order valence-electron chi connectivity index (χ0n) is 10.1. The number of aromatic nitrogens is 1. The standard InChI is InChI=1S/C12H18N2O2S/c1-2-5-14(6-9-3-4-9)7-10-8-17-11(13-10)12(15)16/h8-9H,2-7H2,1H3,(H,15,16). The molecule has 1 N–H and O–H groups in total. The van der Waals surface area contributed by atoms with Gasteiger partial charge >= 0.3 is 5.97 Å². The van der Waals surface area contributed by atoms with E-state index < -0.39 is 5.97 Å². The first-order valence-corrected chi connectivity index (χ1v) is 6.97. The number of thiazole rings is 1. The van der Waals surface area contributed by atoms with Crippen molar-refractivity contribution in [2.24, 2.45) is 5.92 Å². The van der Waals surface area contributed by atoms with Crippen LogP contribution in [0.5, 0.6) is 0 Å². The van der Waals surface area contributed by atoms with Crippen molar-refractivity contribution in [2.75, 3.05) is 13.1 Å². The largest absolute Gasteiger partial charge is 0.476 e. The van der Waals surface area contributed by atoms with Crippen molar-refractivity contribution in [3.63, 3.8) is 0 Å². The number of hydrogen-bond acceptors (Lipinski definition) is 4. The number of aromatic carboxylic acids is 1. The smallest absolute Gasteiger partial charge is 0.365 e. The second-order valence-electron chi connectivity index (χ2n) is 4.63. The molecule has 0 bridgehead atoms. The maximum absolute atomic E-state index is 10.7. The van der Waals surface area contributed by atoms with Crippen molar-refractivity contribution in [3.8, 4) is 0 Å². The summed E-state index contributed by atoms with van der Waals surface area (Å²) in [6.07, 6.45) is 3.82. The number of carboxylic acid groups (broad SMARTS) is 1. The maximum Gasteiger partial charge on any atom is 0.365 e. The van der Waals surface area contributed by atoms with Crippen LogP contribution in [0.1, 0.15) is 41.7 Å². The molecule has 4 nitrogen and oxygen atoms in total. The first-order chi connectivity index (χ1) is 8.19. The molecule has 1 heterocycles. The molecule has 0 unspecified atom stereocenters. The number of carboxylic acids is 1. The predicted molar refractivity (Wildman–Crippen MR) is 67.4 cm³/mol. The fourth-order valence-corrected chi connectivity index (χ4v) is 2.57. The number of carbonyl (C=O) groups is 1. The molecule has 17 heavy (non-hydrogen) atoms. The van der Waals surface area contributed by atoms with Crippen LogP contribution in [-0.4, -0.2) is 34.0 Å². The Morgan fingerprint density at radius 2 is 2.41 bits per heavy atom. The van der Waals surface area contributed by atoms with E-state index in [9.17, 15) is 4.79 Å². The summed E-state index contributed by atoms with van der Waals surface area (Å²) in [5, 5.41) is 10.9. The molecule has 1 saturated carbocycles. The normalized spacial score (nSPS) is 15.4. The molecule has 1 fully saturated rings. The topological polar surface area (TPSA) is 53.4 Å². The van der Waals surface area contributed by atoms with Gasteiger partial charge in [-0.15, -0.1) is 11.3 Å². The summed E-state index contributed by atoms with van der Waals surface area (Å²) in [6.45, 7) is 5.15. The lowest BCUT2D eigenvalue weighted by Crippen LogP contribution is -2.26. The van der Waals surface area contributed by atoms with Crippen LogP contribution in [0.4, 0.5) is 0 Å². The molecule has 5 heteroatoms. The first kappa shape index (κ1) is 12.5. The van der Waals surface area contributed by atoms with Gasteiger partial charge in [-0.1, -0.05) is 6.92 Å². The minimum Gasteiger partial charge on any atom is -0.476 e. The number of hydrogen-bond donors (Lipinski definition) is 1. The Morgan fingerprint density at radius 3 is 2.94 bits per heavy atom. The summed E-state index contributed by atoms with van der Waals surface area (Å²) < 4.78 is 0. The molecule has 1 aliphatic rings. The zero-order chi connectivity index (χ0) is 12.3. The lowest BCUT2D eigenvalue weighted by atomic mass is 10.3. The molecule has 0 saturated heterocycles. The number of rotatable bonds is 7. The first-order valence-electron chi connectivity index (χ1n) is 6.09. The van der Waals surface area contributed by atoms with Gasteiger partial charge < -0.3 is 5.11 Å². The monoisotopic (exact) mass is 254 g/mol. The van der Waals surface area contributed by atoms with Gasteiger partial charge in [0.05, 0.1) is 5.69 Å². The summed E-state index contributed by atoms with van der Waals surface area (Å²) in [4.78, 5) is 17.3. The molecular formula is C12H18N2O2S. The average molecular weight is 254 g/mol. The number of nitrogens with zero attached hydrogens (tertiary/aromatic N) is 2. The van der Waals surface area contributed by atoms with Crippen LogP contribution in [0.2, 0.25) is 0 Å². The Kier molecular flexibility index (Phi) is 4.12. The van der Waals surface area contributed by atoms with Gasteiger partial charge in [0, 0.05) is 18.5 Å². The molecule has 2 rings (SSSR count). The summed E-state index contributed by atoms with van der Waals surface area (Å²) in [5.41, 5.74) is 0.890. The Labute approximate surface area is 105 Å². The van der Waals surface area contributed by atoms with Crippen molar-refractivity contribution in [3.05, 3.63) is 16.1 Å². The lowest BCUT2D eigenvalue weighted by Gasteiger charge is -2.20. The van der Waals surface area contributed by atoms with E-state index in [0.29, 0.717) is 0 Å². The van der Waals surface area contributed by atoms with Crippen LogP contribution in [0.3, 0.4) is 0 Å². The van der Waals surface area contributed by atoms with Gasteiger partial charge in [0.1, 0.15) is 0 Å². The van der Waals surface area contributed by atoms with Gasteiger partial charge in [-0.3, -0.25) is 4.90 Å². The highest BCUT2D eigenvalue weighted by Gasteiger charge is 2.24. The zero-order valence-corrected chi connectivity index (χ0v) is 10.9. The highest BCUT2D eigenvalue weighted by molar-refractivity contribution is 7.11. The average Bonchev–Trinajstić information content (AvgIpc) is 2.95. The summed E-state index contributed by atoms with van der Waals surface area (Å²) in [6, 6.07) is 0. The Morgan fingerprint density at radius 1 is 1.65 bits per heavy atom. The van der Waals surface area contributed by atoms with Crippen LogP contribution in [0, 0.1) is 5.92 Å². The third kappa shape index (κ3) is 3.78. The summed E-state index contributed by atoms with van der Waals surface area (Å²) in [5.74, 6) is -0.0652. The van der Waals surface area contributed by atoms with Crippen LogP contribution in [0.25, 0.3) is 0 Å². The minimum absolute atomic E-state index is 0.197. The molecule has 94 valence electrons. The van der Waals surface area contributed by atoms with Crippen molar-refractivity contribution >= 4 is 17.3 Å². The van der Waals surface area contributed by atoms with E-state index >= 15 is 0 Å². The fraction of sp³-hybridized carbons (Fsp3) is 0.667. The fourth-order valence-electron chi connectivity index (χ4n) is 1.92. The highest BCUT2D eigenvalue weighted by Crippen LogP contribution is 2.30. The Hall–Kier alpha value is -0.940. The SMILES string of the molecule is CCCN(Cc1csc(C(=O)O)n1)CC1CC1. The molecule has 0 radical (unpaired) electrons. The van der Waals surface area contributed by atoms with Gasteiger partial charge in [-0.05, 0) is 31.7 Å². The van der Waals surface area contributed by atoms with E-state index in [0.717, 1.165) is 37.7 Å². The van der Waals surface area contributed by atoms with E-state index in [2.05, 4.69) is 16.8 Å². The van der Waals surface area contributed by atoms with Gasteiger partial charge in [0.2, 0.25) is 5.01 Å². The van der Waals surface area contributed by atoms with Gasteiger partial charge in [0.25, 0.3) is 0 Å². The van der Waals surface area contributed by atoms with Crippen molar-refractivity contribution in [1.29, 1.82) is 0 Å². The second-order valence-corrected chi connectivity index (χ2v) is 5.49. The van der Waals surface area contributed by atoms with Crippen LogP contribution >= 0.6 is 11.3 Å². The minimum atomic E-state index is -0.925. The molecule has 1 aromatic heterocycles. The quantitative estimate of drug-likeness (QED) is 0.812. The van der Waals surface area contributed by atoms with Crippen LogP contribution in [0.15, 0.2) is 5.38 Å². The van der Waals surface area contributed by atoms with Crippen LogP contribution in [-0.2, 0) is 6.54 Å². The Balaban J connectivity index is 1.92. The molecular weight excluding hydrogens is 236 g/mol. The summed E-state index contributed by atoms with van der Waals surface area (Å²) >= 11 is 1.21. The molecule has 0 aromatic carbocycles. The third-order valence-corrected chi connectivity index (χ3v) is 3.75. The van der Waals surface area contributed by atoms with Crippen molar-refractivity contribution in [2.45, 2.75) is 32.7 Å². The van der Waals surface area contributed by atoms with E-state index in [4.69, 9.17) is 5.11 Å². The molecule has 0 spiro atoms. The molecule has 0 amide bonds. The second kappa shape index (κ2) is 5.60. The molecule has 0 atom stereocenters. The summed E-state index contributed by atoms with van der Waals surface area (Å²) in [7, 11) is 0. The molecule has 0 aliphatic heterocycles. The van der Waals surface area contributed by atoms with E-state index in [1.807, 2.05) is 5.38 Å². The lowest BCUT2D eigenvalue weighted by molar-refractivity contribution is 0.0696. The van der Waals surface area contributed by atoms with Gasteiger partial charge in [0.15, 0.2) is 0 Å². The van der Waals surface area contributed by atoms with Crippen LogP contribution < -0.4 is 0 Å². The highest BCUT2D eigenvalue weighted by atomic mass is 32.1. The van der Waals surface area contributed by atoms with Crippen molar-refractivity contribution in [1.82, 2.24) is 9.88 Å². The Bertz CT molecular complexity index is 388. The van der Waals surface area contributed by atoms with E-state index in [1.54, 1.807) is 0 Å². The van der Waals surface area contributed by atoms with Gasteiger partial charge in [-0.25, -0.2) is 9.78 Å². The van der Waals surface area contributed by atoms with Crippen molar-refractivity contribution < 1.29 is 9.90 Å². The maximum atomic E-state index is 10.7. The molecule has 1 aliphatic carbocycles. The predicted octanol–water partition coefficient (Wildman–Crippen LogP) is 2.46. The third-order valence-electron chi connectivity index (χ3n) is 2.87. The molecule has 1 aromatic rings. The van der Waals surface area contributed by atoms with E-state index in [-0.39, 0.29) is 5.01 Å².